The van der Waals surface area contributed by atoms with E-state index in [0.29, 0.717) is 17.9 Å². The summed E-state index contributed by atoms with van der Waals surface area (Å²) in [6.45, 7) is 0. The summed E-state index contributed by atoms with van der Waals surface area (Å²) in [6, 6.07) is 18.2. The zero-order valence-corrected chi connectivity index (χ0v) is 18.6. The van der Waals surface area contributed by atoms with Gasteiger partial charge in [0.1, 0.15) is 11.6 Å². The van der Waals surface area contributed by atoms with Crippen LogP contribution in [0.4, 0.5) is 4.39 Å². The molecule has 2 aliphatic heterocycles. The largest absolute Gasteiger partial charge is 0.493 e. The van der Waals surface area contributed by atoms with Crippen molar-refractivity contribution in [2.24, 2.45) is 5.10 Å². The molecule has 2 unspecified atom stereocenters. The highest BCUT2D eigenvalue weighted by Gasteiger charge is 2.41. The molecular formula is C24H20BrFN2O3. The third kappa shape index (κ3) is 3.53. The van der Waals surface area contributed by atoms with Crippen molar-refractivity contribution >= 4 is 21.6 Å². The maximum atomic E-state index is 13.5. The average molecular weight is 483 g/mol. The molecule has 5 rings (SSSR count). The molecule has 2 heterocycles. The number of methoxy groups -OCH3 is 2. The topological polar surface area (TPSA) is 43.3 Å². The number of halogens is 2. The fraction of sp³-hybridized carbons (Fsp3) is 0.208. The summed E-state index contributed by atoms with van der Waals surface area (Å²) in [7, 11) is 3.23. The van der Waals surface area contributed by atoms with E-state index in [0.717, 1.165) is 32.6 Å². The van der Waals surface area contributed by atoms with E-state index >= 15 is 0 Å². The highest BCUT2D eigenvalue weighted by Crippen LogP contribution is 2.48. The molecule has 0 saturated carbocycles. The number of fused-ring (bicyclic) bond motifs is 3. The Morgan fingerprint density at radius 2 is 1.77 bits per heavy atom. The van der Waals surface area contributed by atoms with E-state index in [-0.39, 0.29) is 11.9 Å². The molecule has 0 aliphatic carbocycles. The maximum Gasteiger partial charge on any atom is 0.213 e. The Balaban J connectivity index is 1.58. The van der Waals surface area contributed by atoms with Gasteiger partial charge in [0.2, 0.25) is 6.23 Å². The van der Waals surface area contributed by atoms with Gasteiger partial charge in [-0.2, -0.15) is 5.10 Å². The zero-order chi connectivity index (χ0) is 21.5. The normalized spacial score (nSPS) is 19.2. The molecule has 0 spiro atoms. The molecule has 0 bridgehead atoms. The van der Waals surface area contributed by atoms with Gasteiger partial charge in [0.05, 0.1) is 26.0 Å². The number of hydrogen-bond acceptors (Lipinski definition) is 5. The molecule has 31 heavy (non-hydrogen) atoms. The molecule has 2 atom stereocenters. The molecule has 0 radical (unpaired) electrons. The Kier molecular flexibility index (Phi) is 5.06. The molecule has 0 saturated heterocycles. The van der Waals surface area contributed by atoms with E-state index in [4.69, 9.17) is 19.3 Å². The van der Waals surface area contributed by atoms with Gasteiger partial charge in [-0.3, -0.25) is 0 Å². The smallest absolute Gasteiger partial charge is 0.213 e. The number of ether oxygens (including phenoxy) is 3. The number of benzene rings is 3. The SMILES string of the molecule is COc1ccc(C2=NN3C(C2)c2cc(Br)ccc2OC3c2ccc(F)cc2)cc1OC. The van der Waals surface area contributed by atoms with E-state index in [1.54, 1.807) is 26.4 Å². The first-order valence-electron chi connectivity index (χ1n) is 9.87. The summed E-state index contributed by atoms with van der Waals surface area (Å²) in [5.41, 5.74) is 3.79. The first-order valence-corrected chi connectivity index (χ1v) is 10.7. The Bertz CT molecular complexity index is 1170. The average Bonchev–Trinajstić information content (AvgIpc) is 3.24. The van der Waals surface area contributed by atoms with E-state index in [9.17, 15) is 4.39 Å². The second kappa shape index (κ2) is 7.89. The van der Waals surface area contributed by atoms with Crippen molar-refractivity contribution in [2.45, 2.75) is 18.7 Å². The van der Waals surface area contributed by atoms with Crippen LogP contribution in [0.15, 0.2) is 70.2 Å². The minimum Gasteiger partial charge on any atom is -0.493 e. The minimum absolute atomic E-state index is 0.000556. The fourth-order valence-corrected chi connectivity index (χ4v) is 4.47. The van der Waals surface area contributed by atoms with Gasteiger partial charge in [0.15, 0.2) is 11.5 Å². The number of hydrogen-bond donors (Lipinski definition) is 0. The van der Waals surface area contributed by atoms with E-state index in [1.807, 2.05) is 35.3 Å². The summed E-state index contributed by atoms with van der Waals surface area (Å²) in [5, 5.41) is 6.91. The molecule has 0 aromatic heterocycles. The lowest BCUT2D eigenvalue weighted by Gasteiger charge is -2.38. The molecule has 3 aromatic rings. The third-order valence-corrected chi connectivity index (χ3v) is 6.12. The van der Waals surface area contributed by atoms with Gasteiger partial charge in [0, 0.05) is 27.6 Å². The van der Waals surface area contributed by atoms with Gasteiger partial charge < -0.3 is 14.2 Å². The Labute approximate surface area is 188 Å². The quantitative estimate of drug-likeness (QED) is 0.467. The van der Waals surface area contributed by atoms with Crippen LogP contribution in [-0.2, 0) is 0 Å². The molecule has 0 fully saturated rings. The highest BCUT2D eigenvalue weighted by atomic mass is 79.9. The first kappa shape index (κ1) is 19.9. The first-order chi connectivity index (χ1) is 15.1. The van der Waals surface area contributed by atoms with Crippen molar-refractivity contribution < 1.29 is 18.6 Å². The van der Waals surface area contributed by atoms with Crippen LogP contribution in [0.3, 0.4) is 0 Å². The van der Waals surface area contributed by atoms with Crippen molar-refractivity contribution in [2.75, 3.05) is 14.2 Å². The van der Waals surface area contributed by atoms with Crippen molar-refractivity contribution in [1.82, 2.24) is 5.01 Å². The van der Waals surface area contributed by atoms with Gasteiger partial charge in [-0.05, 0) is 48.5 Å². The Morgan fingerprint density at radius 1 is 1.00 bits per heavy atom. The summed E-state index contributed by atoms with van der Waals surface area (Å²) in [5.74, 6) is 1.85. The van der Waals surface area contributed by atoms with Crippen molar-refractivity contribution in [3.05, 3.63) is 87.6 Å². The van der Waals surface area contributed by atoms with Crippen LogP contribution >= 0.6 is 15.9 Å². The number of rotatable bonds is 4. The molecule has 7 heteroatoms. The molecule has 3 aromatic carbocycles. The van der Waals surface area contributed by atoms with Crippen molar-refractivity contribution in [3.63, 3.8) is 0 Å². The van der Waals surface area contributed by atoms with E-state index in [2.05, 4.69) is 22.0 Å². The predicted octanol–water partition coefficient (Wildman–Crippen LogP) is 5.85. The zero-order valence-electron chi connectivity index (χ0n) is 17.0. The standard InChI is InChI=1S/C24H20BrFN2O3/c1-29-22-9-5-15(11-23(22)30-2)19-13-20-18-12-16(25)6-10-21(18)31-24(28(20)27-19)14-3-7-17(26)8-4-14/h3-12,20,24H,13H2,1-2H3. The van der Waals surface area contributed by atoms with Crippen molar-refractivity contribution in [1.29, 1.82) is 0 Å². The highest BCUT2D eigenvalue weighted by molar-refractivity contribution is 9.10. The van der Waals surface area contributed by atoms with Gasteiger partial charge in [0.25, 0.3) is 0 Å². The van der Waals surface area contributed by atoms with Gasteiger partial charge in [-0.15, -0.1) is 0 Å². The van der Waals surface area contributed by atoms with Crippen LogP contribution in [0.1, 0.15) is 35.4 Å². The monoisotopic (exact) mass is 482 g/mol. The minimum atomic E-state index is -0.447. The van der Waals surface area contributed by atoms with Crippen LogP contribution in [0, 0.1) is 5.82 Å². The maximum absolute atomic E-state index is 13.5. The number of nitrogens with zero attached hydrogens (tertiary/aromatic N) is 2. The lowest BCUT2D eigenvalue weighted by Crippen LogP contribution is -2.33. The summed E-state index contributed by atoms with van der Waals surface area (Å²) in [4.78, 5) is 0. The summed E-state index contributed by atoms with van der Waals surface area (Å²) >= 11 is 3.57. The second-order valence-corrected chi connectivity index (χ2v) is 8.34. The molecular weight excluding hydrogens is 463 g/mol. The Hall–Kier alpha value is -3.06. The fourth-order valence-electron chi connectivity index (χ4n) is 4.10. The lowest BCUT2D eigenvalue weighted by molar-refractivity contribution is -0.0191. The lowest BCUT2D eigenvalue weighted by atomic mass is 9.96. The van der Waals surface area contributed by atoms with Crippen molar-refractivity contribution in [3.8, 4) is 17.2 Å². The molecule has 158 valence electrons. The Morgan fingerprint density at radius 3 is 2.52 bits per heavy atom. The van der Waals surface area contributed by atoms with Crippen LogP contribution in [-0.4, -0.2) is 24.9 Å². The van der Waals surface area contributed by atoms with Gasteiger partial charge >= 0.3 is 0 Å². The van der Waals surface area contributed by atoms with E-state index in [1.165, 1.54) is 12.1 Å². The second-order valence-electron chi connectivity index (χ2n) is 7.42. The van der Waals surface area contributed by atoms with E-state index < -0.39 is 6.23 Å². The summed E-state index contributed by atoms with van der Waals surface area (Å²) < 4.78 is 31.6. The molecule has 2 aliphatic rings. The van der Waals surface area contributed by atoms with Gasteiger partial charge in [-0.1, -0.05) is 28.1 Å². The third-order valence-electron chi connectivity index (χ3n) is 5.62. The summed E-state index contributed by atoms with van der Waals surface area (Å²) in [6.07, 6.45) is 0.261. The van der Waals surface area contributed by atoms with Crippen LogP contribution in [0.2, 0.25) is 0 Å². The molecule has 0 amide bonds. The molecule has 5 nitrogen and oxygen atoms in total. The van der Waals surface area contributed by atoms with Crippen LogP contribution < -0.4 is 14.2 Å². The molecule has 0 N–H and O–H groups in total. The predicted molar refractivity (Wildman–Crippen MR) is 119 cm³/mol. The van der Waals surface area contributed by atoms with Crippen LogP contribution in [0.25, 0.3) is 0 Å². The van der Waals surface area contributed by atoms with Gasteiger partial charge in [-0.25, -0.2) is 9.40 Å². The number of hydrazone groups is 1. The van der Waals surface area contributed by atoms with Crippen LogP contribution in [0.5, 0.6) is 17.2 Å².